The number of methoxy groups -OCH3 is 1. The summed E-state index contributed by atoms with van der Waals surface area (Å²) in [6.07, 6.45) is 1.45. The molecule has 1 N–H and O–H groups in total. The molecule has 1 atom stereocenters. The highest BCUT2D eigenvalue weighted by atomic mass is 19.1. The molecule has 6 heteroatoms. The number of nitrogens with one attached hydrogen (secondary N) is 1. The number of benzene rings is 1. The van der Waals surface area contributed by atoms with E-state index in [1.165, 1.54) is 11.0 Å². The van der Waals surface area contributed by atoms with Crippen LogP contribution in [0.3, 0.4) is 0 Å². The number of amides is 2. The minimum Gasteiger partial charge on any atom is -0.385 e. The molecule has 2 rings (SSSR count). The average Bonchev–Trinajstić information content (AvgIpc) is 2.83. The predicted molar refractivity (Wildman–Crippen MR) is 84.1 cm³/mol. The molecule has 0 radical (unpaired) electrons. The molecule has 0 spiro atoms. The van der Waals surface area contributed by atoms with Crippen LogP contribution >= 0.6 is 0 Å². The van der Waals surface area contributed by atoms with E-state index in [2.05, 4.69) is 5.32 Å². The van der Waals surface area contributed by atoms with Crippen LogP contribution in [-0.4, -0.2) is 42.5 Å². The summed E-state index contributed by atoms with van der Waals surface area (Å²) in [5.41, 5.74) is -0.520. The predicted octanol–water partition coefficient (Wildman–Crippen LogP) is 1.86. The molecule has 1 saturated heterocycles. The van der Waals surface area contributed by atoms with Crippen molar-refractivity contribution in [3.05, 3.63) is 35.6 Å². The van der Waals surface area contributed by atoms with Crippen molar-refractivity contribution in [3.63, 3.8) is 0 Å². The zero-order valence-electron chi connectivity index (χ0n) is 13.6. The molecule has 0 unspecified atom stereocenters. The molecular weight excluding hydrogens is 299 g/mol. The van der Waals surface area contributed by atoms with Crippen molar-refractivity contribution in [3.8, 4) is 0 Å². The van der Waals surface area contributed by atoms with Gasteiger partial charge in [-0.3, -0.25) is 9.59 Å². The van der Waals surface area contributed by atoms with E-state index in [-0.39, 0.29) is 24.2 Å². The van der Waals surface area contributed by atoms with Crippen LogP contribution < -0.4 is 5.32 Å². The quantitative estimate of drug-likeness (QED) is 0.780. The van der Waals surface area contributed by atoms with Gasteiger partial charge in [0.2, 0.25) is 11.8 Å². The number of carbonyl (C=O) groups excluding carboxylic acids is 2. The maximum atomic E-state index is 13.9. The number of nitrogens with zero attached hydrogens (tertiary/aromatic N) is 1. The van der Waals surface area contributed by atoms with Crippen LogP contribution in [0.4, 0.5) is 4.39 Å². The number of hydrogen-bond donors (Lipinski definition) is 1. The Bertz CT molecular complexity index is 579. The molecule has 0 saturated carbocycles. The summed E-state index contributed by atoms with van der Waals surface area (Å²) in [4.78, 5) is 26.2. The largest absolute Gasteiger partial charge is 0.385 e. The molecule has 1 heterocycles. The summed E-state index contributed by atoms with van der Waals surface area (Å²) < 4.78 is 18.8. The number of likely N-dealkylation sites (tertiary alicyclic amines) is 1. The Morgan fingerprint density at radius 3 is 2.87 bits per heavy atom. The minimum absolute atomic E-state index is 0.105. The number of carbonyl (C=O) groups is 2. The summed E-state index contributed by atoms with van der Waals surface area (Å²) in [5.74, 6) is -0.686. The van der Waals surface area contributed by atoms with Gasteiger partial charge in [0, 0.05) is 38.8 Å². The maximum Gasteiger partial charge on any atom is 0.245 e. The van der Waals surface area contributed by atoms with Gasteiger partial charge in [0.15, 0.2) is 0 Å². The lowest BCUT2D eigenvalue weighted by Gasteiger charge is -2.34. The summed E-state index contributed by atoms with van der Waals surface area (Å²) in [6, 6.07) is 6.32. The lowest BCUT2D eigenvalue weighted by atomic mass is 9.97. The summed E-state index contributed by atoms with van der Waals surface area (Å²) in [6.45, 7) is 2.90. The topological polar surface area (TPSA) is 58.6 Å². The highest BCUT2D eigenvalue weighted by Crippen LogP contribution is 2.32. The van der Waals surface area contributed by atoms with Gasteiger partial charge in [0.25, 0.3) is 0 Å². The van der Waals surface area contributed by atoms with E-state index in [4.69, 9.17) is 4.74 Å². The van der Waals surface area contributed by atoms with Crippen molar-refractivity contribution in [2.75, 3.05) is 20.3 Å². The Hall–Kier alpha value is -1.95. The molecule has 1 aromatic carbocycles. The van der Waals surface area contributed by atoms with Crippen LogP contribution in [0, 0.1) is 5.82 Å². The Morgan fingerprint density at radius 1 is 1.43 bits per heavy atom. The second kappa shape index (κ2) is 7.55. The lowest BCUT2D eigenvalue weighted by molar-refractivity contribution is -0.141. The maximum absolute atomic E-state index is 13.9. The van der Waals surface area contributed by atoms with Crippen LogP contribution in [0.25, 0.3) is 0 Å². The summed E-state index contributed by atoms with van der Waals surface area (Å²) in [7, 11) is 1.61. The molecule has 1 aromatic rings. The van der Waals surface area contributed by atoms with Gasteiger partial charge in [-0.15, -0.1) is 0 Å². The molecule has 0 aliphatic carbocycles. The smallest absolute Gasteiger partial charge is 0.245 e. The van der Waals surface area contributed by atoms with Gasteiger partial charge in [-0.1, -0.05) is 18.2 Å². The van der Waals surface area contributed by atoms with Gasteiger partial charge in [-0.05, 0) is 25.8 Å². The van der Waals surface area contributed by atoms with E-state index in [9.17, 15) is 14.0 Å². The zero-order valence-corrected chi connectivity index (χ0v) is 13.6. The molecule has 5 nitrogen and oxygen atoms in total. The van der Waals surface area contributed by atoms with Crippen LogP contribution in [0.5, 0.6) is 0 Å². The minimum atomic E-state index is -0.938. The van der Waals surface area contributed by atoms with E-state index >= 15 is 0 Å². The average molecular weight is 322 g/mol. The highest BCUT2D eigenvalue weighted by molar-refractivity contribution is 5.94. The van der Waals surface area contributed by atoms with Crippen LogP contribution in [-0.2, 0) is 20.9 Å². The fraction of sp³-hybridized carbons (Fsp3) is 0.529. The van der Waals surface area contributed by atoms with Gasteiger partial charge in [-0.2, -0.15) is 0 Å². The van der Waals surface area contributed by atoms with E-state index in [0.29, 0.717) is 38.0 Å². The van der Waals surface area contributed by atoms with Crippen molar-refractivity contribution in [1.82, 2.24) is 10.2 Å². The molecule has 23 heavy (non-hydrogen) atoms. The third-order valence-corrected chi connectivity index (χ3v) is 4.31. The van der Waals surface area contributed by atoms with Crippen molar-refractivity contribution in [2.24, 2.45) is 0 Å². The standard InChI is InChI=1S/C17H23FN2O3/c1-17(16(22)19-10-5-11-23-2)9-8-15(21)20(17)12-13-6-3-4-7-14(13)18/h3-4,6-7H,5,8-12H2,1-2H3,(H,19,22)/t17-/m1/s1. The fourth-order valence-electron chi connectivity index (χ4n) is 2.80. The molecule has 0 aromatic heterocycles. The molecule has 1 fully saturated rings. The summed E-state index contributed by atoms with van der Waals surface area (Å²) in [5, 5.41) is 2.84. The van der Waals surface area contributed by atoms with Crippen molar-refractivity contribution >= 4 is 11.8 Å². The number of hydrogen-bond acceptors (Lipinski definition) is 3. The Morgan fingerprint density at radius 2 is 2.17 bits per heavy atom. The molecular formula is C17H23FN2O3. The van der Waals surface area contributed by atoms with Gasteiger partial charge >= 0.3 is 0 Å². The van der Waals surface area contributed by atoms with Crippen LogP contribution in [0.1, 0.15) is 31.7 Å². The monoisotopic (exact) mass is 322 g/mol. The first kappa shape index (κ1) is 17.4. The van der Waals surface area contributed by atoms with Gasteiger partial charge < -0.3 is 15.0 Å². The van der Waals surface area contributed by atoms with Gasteiger partial charge in [-0.25, -0.2) is 4.39 Å². The Balaban J connectivity index is 2.08. The van der Waals surface area contributed by atoms with Gasteiger partial charge in [0.1, 0.15) is 11.4 Å². The van der Waals surface area contributed by atoms with E-state index < -0.39 is 5.54 Å². The number of ether oxygens (including phenoxy) is 1. The molecule has 0 bridgehead atoms. The fourth-order valence-corrected chi connectivity index (χ4v) is 2.80. The molecule has 1 aliphatic rings. The molecule has 126 valence electrons. The van der Waals surface area contributed by atoms with Crippen molar-refractivity contribution in [1.29, 1.82) is 0 Å². The van der Waals surface area contributed by atoms with Gasteiger partial charge in [0.05, 0.1) is 0 Å². The second-order valence-corrected chi connectivity index (χ2v) is 5.95. The van der Waals surface area contributed by atoms with E-state index in [1.54, 1.807) is 32.2 Å². The van der Waals surface area contributed by atoms with E-state index in [0.717, 1.165) is 0 Å². The Labute approximate surface area is 135 Å². The number of halogens is 1. The molecule has 1 aliphatic heterocycles. The third kappa shape index (κ3) is 3.88. The molecule has 2 amide bonds. The van der Waals surface area contributed by atoms with Crippen LogP contribution in [0.2, 0.25) is 0 Å². The first-order valence-corrected chi connectivity index (χ1v) is 7.80. The second-order valence-electron chi connectivity index (χ2n) is 5.95. The first-order valence-electron chi connectivity index (χ1n) is 7.80. The van der Waals surface area contributed by atoms with E-state index in [1.807, 2.05) is 0 Å². The Kier molecular flexibility index (Phi) is 5.71. The van der Waals surface area contributed by atoms with Crippen molar-refractivity contribution < 1.29 is 18.7 Å². The first-order chi connectivity index (χ1) is 11.0. The summed E-state index contributed by atoms with van der Waals surface area (Å²) >= 11 is 0. The third-order valence-electron chi connectivity index (χ3n) is 4.31. The highest BCUT2D eigenvalue weighted by Gasteiger charge is 2.47. The normalized spacial score (nSPS) is 20.8. The SMILES string of the molecule is COCCCNC(=O)[C@@]1(C)CCC(=O)N1Cc1ccccc1F. The van der Waals surface area contributed by atoms with Crippen LogP contribution in [0.15, 0.2) is 24.3 Å². The van der Waals surface area contributed by atoms with Crippen molar-refractivity contribution in [2.45, 2.75) is 38.3 Å². The lowest BCUT2D eigenvalue weighted by Crippen LogP contribution is -2.54. The number of rotatable bonds is 7. The zero-order chi connectivity index (χ0) is 16.9.